The van der Waals surface area contributed by atoms with Crippen LogP contribution >= 0.6 is 0 Å². The van der Waals surface area contributed by atoms with Gasteiger partial charge in [0.1, 0.15) is 25.8 Å². The van der Waals surface area contributed by atoms with Crippen LogP contribution in [0.15, 0.2) is 72.8 Å². The fourth-order valence-electron chi connectivity index (χ4n) is 4.80. The Hall–Kier alpha value is -4.05. The molecule has 0 bridgehead atoms. The summed E-state index contributed by atoms with van der Waals surface area (Å²) in [6.45, 7) is 9.52. The largest absolute Gasteiger partial charge is 0.486 e. The van der Waals surface area contributed by atoms with E-state index in [9.17, 15) is 18.0 Å². The molecule has 0 spiro atoms. The second-order valence-electron chi connectivity index (χ2n) is 11.7. The van der Waals surface area contributed by atoms with Crippen LogP contribution in [-0.4, -0.2) is 62.2 Å². The molecular formula is C33H41N3O6S. The molecule has 3 aromatic carbocycles. The third-order valence-corrected chi connectivity index (χ3v) is 8.78. The van der Waals surface area contributed by atoms with Gasteiger partial charge in [-0.05, 0) is 57.9 Å². The predicted molar refractivity (Wildman–Crippen MR) is 168 cm³/mol. The molecule has 9 nitrogen and oxygen atoms in total. The van der Waals surface area contributed by atoms with Gasteiger partial charge in [0.2, 0.25) is 21.8 Å². The maximum absolute atomic E-state index is 14.3. The van der Waals surface area contributed by atoms with Gasteiger partial charge in [-0.1, -0.05) is 60.2 Å². The van der Waals surface area contributed by atoms with E-state index in [1.807, 2.05) is 82.3 Å². The number of sulfonamides is 1. The summed E-state index contributed by atoms with van der Waals surface area (Å²) in [7, 11) is -3.89. The zero-order chi connectivity index (χ0) is 31.2. The molecular weight excluding hydrogens is 566 g/mol. The van der Waals surface area contributed by atoms with Gasteiger partial charge >= 0.3 is 0 Å². The van der Waals surface area contributed by atoms with Crippen LogP contribution in [0.5, 0.6) is 11.5 Å². The number of carbonyl (C=O) groups is 2. The molecule has 0 saturated carbocycles. The van der Waals surface area contributed by atoms with Crippen LogP contribution in [0.2, 0.25) is 0 Å². The summed E-state index contributed by atoms with van der Waals surface area (Å²) in [4.78, 5) is 29.7. The van der Waals surface area contributed by atoms with Crippen molar-refractivity contribution in [2.45, 2.75) is 59.2 Å². The Kier molecular flexibility index (Phi) is 10.0. The lowest BCUT2D eigenvalue weighted by Crippen LogP contribution is -2.56. The fraction of sp³-hybridized carbons (Fsp3) is 0.394. The van der Waals surface area contributed by atoms with Gasteiger partial charge in [-0.2, -0.15) is 0 Å². The van der Waals surface area contributed by atoms with Gasteiger partial charge in [-0.3, -0.25) is 13.9 Å². The number of nitrogens with zero attached hydrogens (tertiary/aromatic N) is 2. The smallest absolute Gasteiger partial charge is 0.244 e. The molecule has 0 aromatic heterocycles. The lowest BCUT2D eigenvalue weighted by Gasteiger charge is -2.35. The molecule has 1 N–H and O–H groups in total. The third kappa shape index (κ3) is 8.50. The number of nitrogens with one attached hydrogen (secondary N) is 1. The molecule has 2 amide bonds. The second kappa shape index (κ2) is 13.5. The molecule has 1 aliphatic rings. The van der Waals surface area contributed by atoms with Crippen molar-refractivity contribution >= 4 is 27.5 Å². The van der Waals surface area contributed by atoms with Gasteiger partial charge in [0, 0.05) is 24.6 Å². The lowest BCUT2D eigenvalue weighted by atomic mass is 10.0. The van der Waals surface area contributed by atoms with Gasteiger partial charge in [-0.15, -0.1) is 0 Å². The predicted octanol–water partition coefficient (Wildman–Crippen LogP) is 4.48. The molecule has 43 heavy (non-hydrogen) atoms. The number of rotatable bonds is 11. The molecule has 3 aromatic rings. The number of fused-ring (bicyclic) bond motifs is 1. The number of benzene rings is 3. The average Bonchev–Trinajstić information content (AvgIpc) is 2.97. The Bertz CT molecular complexity index is 1520. The molecule has 1 aliphatic heterocycles. The summed E-state index contributed by atoms with van der Waals surface area (Å²) in [5, 5.41) is 3.04. The molecule has 0 aliphatic carbocycles. The Morgan fingerprint density at radius 1 is 0.907 bits per heavy atom. The highest BCUT2D eigenvalue weighted by molar-refractivity contribution is 7.92. The first kappa shape index (κ1) is 31.9. The van der Waals surface area contributed by atoms with Gasteiger partial charge in [0.15, 0.2) is 11.5 Å². The van der Waals surface area contributed by atoms with Crippen LogP contribution in [0, 0.1) is 6.92 Å². The number of hydrogen-bond acceptors (Lipinski definition) is 6. The highest BCUT2D eigenvalue weighted by Crippen LogP contribution is 2.35. The van der Waals surface area contributed by atoms with E-state index in [2.05, 4.69) is 5.32 Å². The maximum Gasteiger partial charge on any atom is 0.244 e. The zero-order valence-corrected chi connectivity index (χ0v) is 26.3. The third-order valence-electron chi connectivity index (χ3n) is 7.04. The Balaban J connectivity index is 1.76. The topological polar surface area (TPSA) is 105 Å². The van der Waals surface area contributed by atoms with Gasteiger partial charge in [0.05, 0.1) is 11.4 Å². The molecule has 0 unspecified atom stereocenters. The van der Waals surface area contributed by atoms with Crippen LogP contribution in [-0.2, 0) is 32.6 Å². The standard InChI is InChI=1S/C33H41N3O6S/c1-6-43(39,40)36(27-16-17-29-30(21-27)42-19-18-41-29)23-31(37)35(22-26-14-12-24(2)13-15-26)28(32(38)34-33(3,4)5)20-25-10-8-7-9-11-25/h7-17,21,28H,6,18-20,22-23H2,1-5H3,(H,34,38)/t28-/m1/s1. The van der Waals surface area contributed by atoms with Crippen LogP contribution in [0.3, 0.4) is 0 Å². The van der Waals surface area contributed by atoms with Crippen molar-refractivity contribution in [3.8, 4) is 11.5 Å². The maximum atomic E-state index is 14.3. The SMILES string of the molecule is CCS(=O)(=O)N(CC(=O)N(Cc1ccc(C)cc1)[C@H](Cc1ccccc1)C(=O)NC(C)(C)C)c1ccc2c(c1)OCCO2. The van der Waals surface area contributed by atoms with Crippen LogP contribution in [0.4, 0.5) is 5.69 Å². The van der Waals surface area contributed by atoms with E-state index in [-0.39, 0.29) is 30.3 Å². The van der Waals surface area contributed by atoms with Crippen molar-refractivity contribution < 1.29 is 27.5 Å². The Morgan fingerprint density at radius 2 is 1.56 bits per heavy atom. The van der Waals surface area contributed by atoms with Gasteiger partial charge in [0.25, 0.3) is 0 Å². The minimum atomic E-state index is -3.89. The number of ether oxygens (including phenoxy) is 2. The van der Waals surface area contributed by atoms with Crippen LogP contribution < -0.4 is 19.1 Å². The van der Waals surface area contributed by atoms with Gasteiger partial charge in [-0.25, -0.2) is 8.42 Å². The van der Waals surface area contributed by atoms with Crippen molar-refractivity contribution in [3.63, 3.8) is 0 Å². The summed E-state index contributed by atoms with van der Waals surface area (Å²) < 4.78 is 39.2. The Labute approximate surface area is 254 Å². The summed E-state index contributed by atoms with van der Waals surface area (Å²) in [6, 6.07) is 21.1. The van der Waals surface area contributed by atoms with E-state index in [1.165, 1.54) is 11.8 Å². The fourth-order valence-corrected chi connectivity index (χ4v) is 5.86. The second-order valence-corrected chi connectivity index (χ2v) is 13.9. The zero-order valence-electron chi connectivity index (χ0n) is 25.5. The molecule has 1 atom stereocenters. The molecule has 0 fully saturated rings. The summed E-state index contributed by atoms with van der Waals surface area (Å²) in [5.41, 5.74) is 2.50. The van der Waals surface area contributed by atoms with Crippen molar-refractivity contribution in [2.75, 3.05) is 29.8 Å². The summed E-state index contributed by atoms with van der Waals surface area (Å²) in [6.07, 6.45) is 0.255. The quantitative estimate of drug-likeness (QED) is 0.345. The lowest BCUT2D eigenvalue weighted by molar-refractivity contribution is -0.140. The first-order chi connectivity index (χ1) is 20.4. The molecule has 230 valence electrons. The first-order valence-corrected chi connectivity index (χ1v) is 16.1. The van der Waals surface area contributed by atoms with E-state index in [1.54, 1.807) is 18.2 Å². The van der Waals surface area contributed by atoms with Crippen molar-refractivity contribution in [1.82, 2.24) is 10.2 Å². The normalized spacial score (nSPS) is 13.6. The number of aryl methyl sites for hydroxylation is 1. The molecule has 10 heteroatoms. The van der Waals surface area contributed by atoms with E-state index in [0.29, 0.717) is 24.7 Å². The molecule has 1 heterocycles. The summed E-state index contributed by atoms with van der Waals surface area (Å²) in [5.74, 6) is -0.114. The molecule has 4 rings (SSSR count). The van der Waals surface area contributed by atoms with Crippen LogP contribution in [0.1, 0.15) is 44.4 Å². The first-order valence-electron chi connectivity index (χ1n) is 14.5. The highest BCUT2D eigenvalue weighted by atomic mass is 32.2. The minimum Gasteiger partial charge on any atom is -0.486 e. The van der Waals surface area contributed by atoms with Crippen LogP contribution in [0.25, 0.3) is 0 Å². The van der Waals surface area contributed by atoms with E-state index >= 15 is 0 Å². The number of amides is 2. The van der Waals surface area contributed by atoms with E-state index in [4.69, 9.17) is 9.47 Å². The molecule has 0 radical (unpaired) electrons. The monoisotopic (exact) mass is 607 g/mol. The highest BCUT2D eigenvalue weighted by Gasteiger charge is 2.35. The number of carbonyl (C=O) groups excluding carboxylic acids is 2. The van der Waals surface area contributed by atoms with Crippen molar-refractivity contribution in [3.05, 3.63) is 89.5 Å². The number of hydrogen-bond donors (Lipinski definition) is 1. The van der Waals surface area contributed by atoms with Gasteiger partial charge < -0.3 is 19.7 Å². The van der Waals surface area contributed by atoms with E-state index in [0.717, 1.165) is 21.0 Å². The van der Waals surface area contributed by atoms with Crippen molar-refractivity contribution in [1.29, 1.82) is 0 Å². The minimum absolute atomic E-state index is 0.120. The summed E-state index contributed by atoms with van der Waals surface area (Å²) >= 11 is 0. The van der Waals surface area contributed by atoms with E-state index < -0.39 is 34.1 Å². The average molecular weight is 608 g/mol. The Morgan fingerprint density at radius 3 is 2.19 bits per heavy atom. The van der Waals surface area contributed by atoms with Crippen molar-refractivity contribution in [2.24, 2.45) is 0 Å². The number of anilines is 1. The molecule has 0 saturated heterocycles.